The van der Waals surface area contributed by atoms with Gasteiger partial charge in [0.2, 0.25) is 11.8 Å². The number of halogens is 1. The van der Waals surface area contributed by atoms with Crippen molar-refractivity contribution in [1.29, 1.82) is 0 Å². The summed E-state index contributed by atoms with van der Waals surface area (Å²) in [6.07, 6.45) is 1.44. The van der Waals surface area contributed by atoms with E-state index in [0.29, 0.717) is 22.7 Å². The molecular formula is C21H18ClN3O5S. The van der Waals surface area contributed by atoms with Crippen LogP contribution in [-0.2, 0) is 21.2 Å². The molecule has 1 aliphatic rings. The number of hydrogen-bond donors (Lipinski definition) is 2. The summed E-state index contributed by atoms with van der Waals surface area (Å²) in [5.41, 5.74) is 2.34. The number of pyridine rings is 1. The zero-order valence-electron chi connectivity index (χ0n) is 16.6. The summed E-state index contributed by atoms with van der Waals surface area (Å²) >= 11 is 6.14. The molecule has 4 rings (SSSR count). The number of amides is 1. The normalized spacial score (nSPS) is 12.8. The van der Waals surface area contributed by atoms with Gasteiger partial charge in [-0.05, 0) is 48.4 Å². The van der Waals surface area contributed by atoms with E-state index in [0.717, 1.165) is 5.56 Å². The van der Waals surface area contributed by atoms with Gasteiger partial charge in [0.05, 0.1) is 30.4 Å². The lowest BCUT2D eigenvalue weighted by Crippen LogP contribution is -2.14. The molecule has 2 heterocycles. The number of carbonyl (C=O) groups is 1. The Balaban J connectivity index is 1.53. The minimum atomic E-state index is -3.99. The van der Waals surface area contributed by atoms with Crippen molar-refractivity contribution in [2.75, 3.05) is 17.1 Å². The number of carbonyl (C=O) groups excluding carboxylic acids is 1. The number of rotatable bonds is 6. The second kappa shape index (κ2) is 8.09. The molecule has 0 radical (unpaired) electrons. The molecule has 1 amide bonds. The Morgan fingerprint density at radius 3 is 2.65 bits per heavy atom. The molecule has 0 saturated carbocycles. The molecule has 1 aliphatic heterocycles. The Hall–Kier alpha value is -3.30. The van der Waals surface area contributed by atoms with Gasteiger partial charge in [-0.15, -0.1) is 0 Å². The lowest BCUT2D eigenvalue weighted by atomic mass is 10.2. The second-order valence-electron chi connectivity index (χ2n) is 6.91. The summed E-state index contributed by atoms with van der Waals surface area (Å²) in [7, 11) is -2.45. The van der Waals surface area contributed by atoms with Crippen LogP contribution in [0, 0.1) is 6.92 Å². The number of aryl methyl sites for hydroxylation is 1. The predicted molar refractivity (Wildman–Crippen MR) is 117 cm³/mol. The number of aromatic nitrogens is 1. The first kappa shape index (κ1) is 21.0. The topological polar surface area (TPSA) is 107 Å². The van der Waals surface area contributed by atoms with Crippen molar-refractivity contribution in [2.24, 2.45) is 0 Å². The summed E-state index contributed by atoms with van der Waals surface area (Å²) in [4.78, 5) is 15.6. The summed E-state index contributed by atoms with van der Waals surface area (Å²) in [5, 5.41) is 2.64. The van der Waals surface area contributed by atoms with Crippen LogP contribution in [-0.4, -0.2) is 26.4 Å². The van der Waals surface area contributed by atoms with E-state index in [-0.39, 0.29) is 33.8 Å². The van der Waals surface area contributed by atoms with Crippen LogP contribution in [0.4, 0.5) is 11.4 Å². The molecule has 10 heteroatoms. The standard InChI is InChI=1S/C21H18ClN3O5S/c1-12-3-5-17(18(7-12)29-2)30-21-6-4-14(11-23-21)25-31(27,28)19-8-13-9-20(26)24-16(13)10-15(19)22/h3-8,10-11,25H,9H2,1-2H3,(H,24,26). The summed E-state index contributed by atoms with van der Waals surface area (Å²) in [6, 6.07) is 11.4. The van der Waals surface area contributed by atoms with E-state index in [1.807, 2.05) is 19.1 Å². The van der Waals surface area contributed by atoms with Crippen molar-refractivity contribution < 1.29 is 22.7 Å². The number of anilines is 2. The first-order chi connectivity index (χ1) is 14.7. The van der Waals surface area contributed by atoms with Gasteiger partial charge >= 0.3 is 0 Å². The Morgan fingerprint density at radius 2 is 1.94 bits per heavy atom. The molecule has 0 saturated heterocycles. The molecule has 3 aromatic rings. The number of sulfonamides is 1. The average Bonchev–Trinajstić information content (AvgIpc) is 3.08. The molecule has 0 unspecified atom stereocenters. The predicted octanol–water partition coefficient (Wildman–Crippen LogP) is 4.14. The maximum Gasteiger partial charge on any atom is 0.263 e. The molecule has 8 nitrogen and oxygen atoms in total. The number of hydrogen-bond acceptors (Lipinski definition) is 6. The van der Waals surface area contributed by atoms with Gasteiger partial charge in [-0.2, -0.15) is 0 Å². The molecule has 0 bridgehead atoms. The van der Waals surface area contributed by atoms with E-state index in [9.17, 15) is 13.2 Å². The van der Waals surface area contributed by atoms with Crippen LogP contribution in [0.15, 0.2) is 53.6 Å². The zero-order chi connectivity index (χ0) is 22.2. The lowest BCUT2D eigenvalue weighted by molar-refractivity contribution is -0.115. The van der Waals surface area contributed by atoms with Crippen molar-refractivity contribution in [3.8, 4) is 17.4 Å². The van der Waals surface area contributed by atoms with Crippen molar-refractivity contribution >= 4 is 38.9 Å². The van der Waals surface area contributed by atoms with Crippen LogP contribution < -0.4 is 19.5 Å². The summed E-state index contributed by atoms with van der Waals surface area (Å²) < 4.78 is 39.1. The third-order valence-corrected chi connectivity index (χ3v) is 6.44. The molecule has 2 N–H and O–H groups in total. The molecule has 0 aliphatic carbocycles. The van der Waals surface area contributed by atoms with Gasteiger partial charge < -0.3 is 14.8 Å². The van der Waals surface area contributed by atoms with Crippen LogP contribution in [0.3, 0.4) is 0 Å². The summed E-state index contributed by atoms with van der Waals surface area (Å²) in [6.45, 7) is 1.94. The van der Waals surface area contributed by atoms with Crippen LogP contribution >= 0.6 is 11.6 Å². The number of benzene rings is 2. The van der Waals surface area contributed by atoms with Crippen LogP contribution in [0.1, 0.15) is 11.1 Å². The quantitative estimate of drug-likeness (QED) is 0.573. The summed E-state index contributed by atoms with van der Waals surface area (Å²) in [5.74, 6) is 1.11. The minimum Gasteiger partial charge on any atom is -0.493 e. The fraction of sp³-hybridized carbons (Fsp3) is 0.143. The third-order valence-electron chi connectivity index (χ3n) is 4.59. The molecule has 0 fully saturated rings. The van der Waals surface area contributed by atoms with E-state index < -0.39 is 10.0 Å². The Bertz CT molecular complexity index is 1280. The van der Waals surface area contributed by atoms with Crippen LogP contribution in [0.5, 0.6) is 17.4 Å². The Kier molecular flexibility index (Phi) is 5.47. The van der Waals surface area contributed by atoms with E-state index in [4.69, 9.17) is 21.1 Å². The lowest BCUT2D eigenvalue weighted by Gasteiger charge is -2.12. The van der Waals surface area contributed by atoms with E-state index in [1.165, 1.54) is 30.5 Å². The van der Waals surface area contributed by atoms with Gasteiger partial charge in [0.25, 0.3) is 10.0 Å². The highest BCUT2D eigenvalue weighted by Gasteiger charge is 2.25. The van der Waals surface area contributed by atoms with Crippen molar-refractivity contribution in [3.05, 3.63) is 64.8 Å². The molecule has 160 valence electrons. The van der Waals surface area contributed by atoms with Crippen LogP contribution in [0.25, 0.3) is 0 Å². The van der Waals surface area contributed by atoms with Gasteiger partial charge in [0.1, 0.15) is 4.90 Å². The fourth-order valence-corrected chi connectivity index (χ4v) is 4.74. The smallest absolute Gasteiger partial charge is 0.263 e. The number of methoxy groups -OCH3 is 1. The monoisotopic (exact) mass is 459 g/mol. The first-order valence-corrected chi connectivity index (χ1v) is 11.0. The van der Waals surface area contributed by atoms with Crippen molar-refractivity contribution in [2.45, 2.75) is 18.2 Å². The maximum absolute atomic E-state index is 12.8. The molecule has 0 atom stereocenters. The first-order valence-electron chi connectivity index (χ1n) is 9.19. The Morgan fingerprint density at radius 1 is 1.13 bits per heavy atom. The maximum atomic E-state index is 12.8. The molecule has 31 heavy (non-hydrogen) atoms. The third kappa shape index (κ3) is 4.42. The largest absolute Gasteiger partial charge is 0.493 e. The average molecular weight is 460 g/mol. The zero-order valence-corrected chi connectivity index (χ0v) is 18.2. The molecule has 2 aromatic carbocycles. The fourth-order valence-electron chi connectivity index (χ4n) is 3.11. The SMILES string of the molecule is COc1cc(C)ccc1Oc1ccc(NS(=O)(=O)c2cc3c(cc2Cl)NC(=O)C3)cn1. The molecule has 0 spiro atoms. The van der Waals surface area contributed by atoms with Crippen LogP contribution in [0.2, 0.25) is 5.02 Å². The molecular weight excluding hydrogens is 442 g/mol. The van der Waals surface area contributed by atoms with E-state index in [2.05, 4.69) is 15.0 Å². The Labute approximate surface area is 184 Å². The van der Waals surface area contributed by atoms with Gasteiger partial charge in [-0.1, -0.05) is 17.7 Å². The van der Waals surface area contributed by atoms with E-state index >= 15 is 0 Å². The number of nitrogens with one attached hydrogen (secondary N) is 2. The number of nitrogens with zero attached hydrogens (tertiary/aromatic N) is 1. The highest BCUT2D eigenvalue weighted by Crippen LogP contribution is 2.34. The van der Waals surface area contributed by atoms with Crippen molar-refractivity contribution in [3.63, 3.8) is 0 Å². The number of fused-ring (bicyclic) bond motifs is 1. The van der Waals surface area contributed by atoms with Gasteiger partial charge in [0.15, 0.2) is 11.5 Å². The van der Waals surface area contributed by atoms with Gasteiger partial charge in [0, 0.05) is 11.8 Å². The highest BCUT2D eigenvalue weighted by atomic mass is 35.5. The molecule has 1 aromatic heterocycles. The van der Waals surface area contributed by atoms with Gasteiger partial charge in [-0.25, -0.2) is 13.4 Å². The van der Waals surface area contributed by atoms with Crippen molar-refractivity contribution in [1.82, 2.24) is 4.98 Å². The van der Waals surface area contributed by atoms with E-state index in [1.54, 1.807) is 13.2 Å². The highest BCUT2D eigenvalue weighted by molar-refractivity contribution is 7.92. The van der Waals surface area contributed by atoms with Gasteiger partial charge in [-0.3, -0.25) is 9.52 Å². The second-order valence-corrected chi connectivity index (χ2v) is 8.97. The minimum absolute atomic E-state index is 0.00725. The number of ether oxygens (including phenoxy) is 2.